The van der Waals surface area contributed by atoms with Gasteiger partial charge in [0.2, 0.25) is 0 Å². The van der Waals surface area contributed by atoms with Crippen LogP contribution in [0.5, 0.6) is 0 Å². The van der Waals surface area contributed by atoms with Crippen molar-refractivity contribution in [2.24, 2.45) is 0 Å². The lowest BCUT2D eigenvalue weighted by atomic mass is 10.1. The number of nitrogens with zero attached hydrogens (tertiary/aromatic N) is 1. The van der Waals surface area contributed by atoms with Crippen molar-refractivity contribution in [1.29, 1.82) is 0 Å². The highest BCUT2D eigenvalue weighted by Gasteiger charge is 2.30. The number of rotatable bonds is 6. The molecule has 0 bridgehead atoms. The molecule has 20 heavy (non-hydrogen) atoms. The highest BCUT2D eigenvalue weighted by atomic mass is 32.1. The predicted molar refractivity (Wildman–Crippen MR) is 86.3 cm³/mol. The highest BCUT2D eigenvalue weighted by Crippen LogP contribution is 2.47. The second-order valence-electron chi connectivity index (χ2n) is 5.65. The second-order valence-corrected chi connectivity index (χ2v) is 6.43. The molecule has 0 radical (unpaired) electrons. The predicted octanol–water partition coefficient (Wildman–Crippen LogP) is 4.04. The van der Waals surface area contributed by atoms with Crippen LogP contribution in [0.15, 0.2) is 30.3 Å². The van der Waals surface area contributed by atoms with Gasteiger partial charge >= 0.3 is 0 Å². The Bertz CT molecular complexity index is 560. The van der Waals surface area contributed by atoms with E-state index in [2.05, 4.69) is 46.9 Å². The molecular weight excluding hydrogens is 266 g/mol. The van der Waals surface area contributed by atoms with Crippen LogP contribution in [0.2, 0.25) is 0 Å². The first-order valence-electron chi connectivity index (χ1n) is 7.29. The molecule has 3 rings (SSSR count). The van der Waals surface area contributed by atoms with Crippen molar-refractivity contribution < 1.29 is 0 Å². The Morgan fingerprint density at radius 1 is 1.35 bits per heavy atom. The molecule has 2 aromatic rings. The third-order valence-electron chi connectivity index (χ3n) is 3.83. The van der Waals surface area contributed by atoms with Crippen molar-refractivity contribution in [2.45, 2.75) is 44.6 Å². The van der Waals surface area contributed by atoms with Crippen LogP contribution < -0.4 is 11.1 Å². The maximum absolute atomic E-state index is 5.98. The SMILES string of the molecule is CC(CCc1ccccc1)Nc1snc(N)c1C1CC1. The minimum atomic E-state index is 0.438. The summed E-state index contributed by atoms with van der Waals surface area (Å²) in [5, 5.41) is 4.78. The van der Waals surface area contributed by atoms with Gasteiger partial charge in [-0.3, -0.25) is 0 Å². The molecule has 1 saturated carbocycles. The Labute approximate surface area is 124 Å². The average molecular weight is 287 g/mol. The van der Waals surface area contributed by atoms with Gasteiger partial charge in [-0.05, 0) is 55.6 Å². The summed E-state index contributed by atoms with van der Waals surface area (Å²) in [5.74, 6) is 1.38. The standard InChI is InChI=1S/C16H21N3S/c1-11(7-8-12-5-3-2-4-6-12)18-16-14(13-9-10-13)15(17)19-20-16/h2-6,11,13,18H,7-10H2,1H3,(H2,17,19). The lowest BCUT2D eigenvalue weighted by Crippen LogP contribution is -2.16. The number of aromatic nitrogens is 1. The van der Waals surface area contributed by atoms with Crippen LogP contribution in [0.25, 0.3) is 0 Å². The van der Waals surface area contributed by atoms with E-state index in [4.69, 9.17) is 5.73 Å². The van der Waals surface area contributed by atoms with Gasteiger partial charge in [0.25, 0.3) is 0 Å². The lowest BCUT2D eigenvalue weighted by Gasteiger charge is -2.15. The average Bonchev–Trinajstić information content (AvgIpc) is 3.23. The first kappa shape index (κ1) is 13.4. The summed E-state index contributed by atoms with van der Waals surface area (Å²) in [6.07, 6.45) is 4.74. The zero-order valence-electron chi connectivity index (χ0n) is 11.8. The minimum Gasteiger partial charge on any atom is -0.383 e. The molecule has 0 aliphatic heterocycles. The normalized spacial score (nSPS) is 16.1. The van der Waals surface area contributed by atoms with E-state index in [0.717, 1.165) is 18.7 Å². The van der Waals surface area contributed by atoms with E-state index in [1.54, 1.807) is 0 Å². The van der Waals surface area contributed by atoms with Gasteiger partial charge in [0.1, 0.15) is 10.8 Å². The lowest BCUT2D eigenvalue weighted by molar-refractivity contribution is 0.707. The van der Waals surface area contributed by atoms with E-state index in [0.29, 0.717) is 12.0 Å². The van der Waals surface area contributed by atoms with Crippen LogP contribution in [0.3, 0.4) is 0 Å². The Balaban J connectivity index is 1.57. The third kappa shape index (κ3) is 3.12. The molecule has 1 aliphatic carbocycles. The summed E-state index contributed by atoms with van der Waals surface area (Å²) in [5.41, 5.74) is 8.64. The van der Waals surface area contributed by atoms with E-state index in [9.17, 15) is 0 Å². The molecule has 106 valence electrons. The summed E-state index contributed by atoms with van der Waals surface area (Å²) >= 11 is 1.51. The Kier molecular flexibility index (Phi) is 3.92. The van der Waals surface area contributed by atoms with Gasteiger partial charge in [-0.15, -0.1) is 0 Å². The number of benzene rings is 1. The smallest absolute Gasteiger partial charge is 0.142 e. The Morgan fingerprint density at radius 3 is 2.80 bits per heavy atom. The fourth-order valence-electron chi connectivity index (χ4n) is 2.50. The van der Waals surface area contributed by atoms with Crippen LogP contribution in [0.4, 0.5) is 10.8 Å². The second kappa shape index (κ2) is 5.83. The molecule has 3 N–H and O–H groups in total. The van der Waals surface area contributed by atoms with Crippen LogP contribution >= 0.6 is 11.5 Å². The van der Waals surface area contributed by atoms with Crippen molar-refractivity contribution in [3.05, 3.63) is 41.5 Å². The van der Waals surface area contributed by atoms with Gasteiger partial charge in [0.05, 0.1) is 0 Å². The van der Waals surface area contributed by atoms with Crippen LogP contribution in [-0.4, -0.2) is 10.4 Å². The maximum Gasteiger partial charge on any atom is 0.142 e. The quantitative estimate of drug-likeness (QED) is 0.843. The summed E-state index contributed by atoms with van der Waals surface area (Å²) in [4.78, 5) is 0. The van der Waals surface area contributed by atoms with E-state index in [1.165, 1.54) is 40.5 Å². The number of aryl methyl sites for hydroxylation is 1. The third-order valence-corrected chi connectivity index (χ3v) is 4.64. The Morgan fingerprint density at radius 2 is 2.10 bits per heavy atom. The largest absolute Gasteiger partial charge is 0.383 e. The fourth-order valence-corrected chi connectivity index (χ4v) is 3.42. The maximum atomic E-state index is 5.98. The first-order valence-corrected chi connectivity index (χ1v) is 8.07. The molecule has 0 amide bonds. The summed E-state index contributed by atoms with van der Waals surface area (Å²) < 4.78 is 4.31. The number of nitrogens with one attached hydrogen (secondary N) is 1. The van der Waals surface area contributed by atoms with Crippen LogP contribution in [0.1, 0.15) is 43.2 Å². The van der Waals surface area contributed by atoms with E-state index < -0.39 is 0 Å². The molecule has 0 saturated heterocycles. The first-order chi connectivity index (χ1) is 9.74. The fraction of sp³-hybridized carbons (Fsp3) is 0.438. The van der Waals surface area contributed by atoms with Crippen molar-refractivity contribution in [3.8, 4) is 0 Å². The van der Waals surface area contributed by atoms with Gasteiger partial charge < -0.3 is 11.1 Å². The number of hydrogen-bond acceptors (Lipinski definition) is 4. The highest BCUT2D eigenvalue weighted by molar-refractivity contribution is 7.10. The summed E-state index contributed by atoms with van der Waals surface area (Å²) in [6, 6.07) is 11.1. The molecule has 3 nitrogen and oxygen atoms in total. The molecular formula is C16H21N3S. The van der Waals surface area contributed by atoms with E-state index in [1.807, 2.05) is 0 Å². The number of nitrogen functional groups attached to an aromatic ring is 1. The minimum absolute atomic E-state index is 0.438. The molecule has 1 fully saturated rings. The van der Waals surface area contributed by atoms with Gasteiger partial charge in [0, 0.05) is 11.6 Å². The molecule has 0 spiro atoms. The van der Waals surface area contributed by atoms with Gasteiger partial charge in [-0.25, -0.2) is 0 Å². The van der Waals surface area contributed by atoms with Gasteiger partial charge in [0.15, 0.2) is 0 Å². The topological polar surface area (TPSA) is 50.9 Å². The molecule has 1 heterocycles. The van der Waals surface area contributed by atoms with E-state index >= 15 is 0 Å². The molecule has 1 aliphatic rings. The van der Waals surface area contributed by atoms with Crippen LogP contribution in [0, 0.1) is 0 Å². The van der Waals surface area contributed by atoms with Gasteiger partial charge in [-0.2, -0.15) is 4.37 Å². The van der Waals surface area contributed by atoms with Crippen LogP contribution in [-0.2, 0) is 6.42 Å². The van der Waals surface area contributed by atoms with Crippen molar-refractivity contribution >= 4 is 22.4 Å². The van der Waals surface area contributed by atoms with Crippen molar-refractivity contribution in [3.63, 3.8) is 0 Å². The molecule has 1 aromatic heterocycles. The van der Waals surface area contributed by atoms with Gasteiger partial charge in [-0.1, -0.05) is 30.3 Å². The van der Waals surface area contributed by atoms with Crippen molar-refractivity contribution in [2.75, 3.05) is 11.1 Å². The number of anilines is 2. The van der Waals surface area contributed by atoms with E-state index in [-0.39, 0.29) is 0 Å². The molecule has 1 atom stereocenters. The number of hydrogen-bond donors (Lipinski definition) is 2. The summed E-state index contributed by atoms with van der Waals surface area (Å²) in [6.45, 7) is 2.23. The number of nitrogens with two attached hydrogens (primary N) is 1. The Hall–Kier alpha value is -1.55. The zero-order valence-corrected chi connectivity index (χ0v) is 12.6. The zero-order chi connectivity index (χ0) is 13.9. The monoisotopic (exact) mass is 287 g/mol. The molecule has 4 heteroatoms. The molecule has 1 unspecified atom stereocenters. The molecule has 1 aromatic carbocycles. The summed E-state index contributed by atoms with van der Waals surface area (Å²) in [7, 11) is 0. The van der Waals surface area contributed by atoms with Crippen molar-refractivity contribution in [1.82, 2.24) is 4.37 Å².